The fourth-order valence-electron chi connectivity index (χ4n) is 3.38. The zero-order valence-electron chi connectivity index (χ0n) is 12.2. The van der Waals surface area contributed by atoms with Crippen LogP contribution in [-0.2, 0) is 13.0 Å². The average molecular weight is 284 g/mol. The Bertz CT molecular complexity index is 651. The van der Waals surface area contributed by atoms with Gasteiger partial charge in [-0.2, -0.15) is 0 Å². The molecule has 0 saturated carbocycles. The molecule has 2 aliphatic rings. The molecule has 4 rings (SSSR count). The average Bonchev–Trinajstić information content (AvgIpc) is 2.98. The summed E-state index contributed by atoms with van der Waals surface area (Å²) in [7, 11) is 0. The van der Waals surface area contributed by atoms with Crippen molar-refractivity contribution in [2.24, 2.45) is 0 Å². The van der Waals surface area contributed by atoms with Crippen molar-refractivity contribution in [1.82, 2.24) is 20.1 Å². The van der Waals surface area contributed by atoms with E-state index in [2.05, 4.69) is 39.1 Å². The Morgan fingerprint density at radius 3 is 3.05 bits per heavy atom. The molecular formula is C16H20N4O. The van der Waals surface area contributed by atoms with E-state index in [0.717, 1.165) is 43.3 Å². The Kier molecular flexibility index (Phi) is 3.15. The second-order valence-electron chi connectivity index (χ2n) is 5.80. The number of benzene rings is 1. The van der Waals surface area contributed by atoms with Gasteiger partial charge in [-0.1, -0.05) is 25.1 Å². The van der Waals surface area contributed by atoms with Gasteiger partial charge in [-0.3, -0.25) is 0 Å². The van der Waals surface area contributed by atoms with E-state index in [1.807, 2.05) is 12.1 Å². The van der Waals surface area contributed by atoms with Crippen LogP contribution in [0.25, 0.3) is 0 Å². The Balaban J connectivity index is 1.65. The smallest absolute Gasteiger partial charge is 0.150 e. The number of nitrogens with one attached hydrogen (secondary N) is 1. The minimum absolute atomic E-state index is 0.303. The molecule has 5 nitrogen and oxygen atoms in total. The third-order valence-electron chi connectivity index (χ3n) is 4.50. The summed E-state index contributed by atoms with van der Waals surface area (Å²) in [6.45, 7) is 4.81. The van der Waals surface area contributed by atoms with Gasteiger partial charge < -0.3 is 14.6 Å². The van der Waals surface area contributed by atoms with E-state index in [1.165, 1.54) is 5.56 Å². The van der Waals surface area contributed by atoms with Gasteiger partial charge in [-0.05, 0) is 24.5 Å². The zero-order valence-corrected chi connectivity index (χ0v) is 12.2. The molecule has 3 heterocycles. The SMILES string of the molecule is CCC1NCCn2c(C3COc4ccccc4C3)nnc21. The number of aromatic nitrogens is 3. The third-order valence-corrected chi connectivity index (χ3v) is 4.50. The van der Waals surface area contributed by atoms with Crippen LogP contribution in [-0.4, -0.2) is 27.9 Å². The molecule has 0 bridgehead atoms. The van der Waals surface area contributed by atoms with Crippen LogP contribution in [0.1, 0.15) is 42.5 Å². The van der Waals surface area contributed by atoms with E-state index >= 15 is 0 Å². The predicted molar refractivity (Wildman–Crippen MR) is 79.4 cm³/mol. The highest BCUT2D eigenvalue weighted by Crippen LogP contribution is 2.32. The summed E-state index contributed by atoms with van der Waals surface area (Å²) in [4.78, 5) is 0. The van der Waals surface area contributed by atoms with Gasteiger partial charge in [0.05, 0.1) is 18.6 Å². The Morgan fingerprint density at radius 2 is 2.14 bits per heavy atom. The number of nitrogens with zero attached hydrogens (tertiary/aromatic N) is 3. The van der Waals surface area contributed by atoms with Crippen molar-refractivity contribution in [3.05, 3.63) is 41.5 Å². The van der Waals surface area contributed by atoms with Crippen LogP contribution in [0, 0.1) is 0 Å². The van der Waals surface area contributed by atoms with Gasteiger partial charge in [0.15, 0.2) is 0 Å². The molecule has 110 valence electrons. The lowest BCUT2D eigenvalue weighted by Gasteiger charge is -2.28. The molecule has 0 spiro atoms. The lowest BCUT2D eigenvalue weighted by Crippen LogP contribution is -2.35. The van der Waals surface area contributed by atoms with Crippen molar-refractivity contribution >= 4 is 0 Å². The molecule has 5 heteroatoms. The molecule has 2 atom stereocenters. The minimum atomic E-state index is 0.303. The van der Waals surface area contributed by atoms with Crippen molar-refractivity contribution in [3.63, 3.8) is 0 Å². The fraction of sp³-hybridized carbons (Fsp3) is 0.500. The number of fused-ring (bicyclic) bond motifs is 2. The molecule has 0 fully saturated rings. The van der Waals surface area contributed by atoms with Crippen molar-refractivity contribution in [1.29, 1.82) is 0 Å². The second kappa shape index (κ2) is 5.15. The van der Waals surface area contributed by atoms with Gasteiger partial charge >= 0.3 is 0 Å². The number of ether oxygens (including phenoxy) is 1. The first-order chi connectivity index (χ1) is 10.4. The number of hydrogen-bond donors (Lipinski definition) is 1. The maximum Gasteiger partial charge on any atom is 0.150 e. The first-order valence-corrected chi connectivity index (χ1v) is 7.74. The maximum absolute atomic E-state index is 5.91. The van der Waals surface area contributed by atoms with Gasteiger partial charge in [0.2, 0.25) is 0 Å². The van der Waals surface area contributed by atoms with E-state index in [-0.39, 0.29) is 0 Å². The Hall–Kier alpha value is -1.88. The van der Waals surface area contributed by atoms with Crippen molar-refractivity contribution in [3.8, 4) is 5.75 Å². The zero-order chi connectivity index (χ0) is 14.2. The molecule has 21 heavy (non-hydrogen) atoms. The maximum atomic E-state index is 5.91. The van der Waals surface area contributed by atoms with E-state index < -0.39 is 0 Å². The van der Waals surface area contributed by atoms with Crippen LogP contribution >= 0.6 is 0 Å². The molecule has 2 aromatic rings. The van der Waals surface area contributed by atoms with Crippen LogP contribution in [0.3, 0.4) is 0 Å². The van der Waals surface area contributed by atoms with E-state index in [1.54, 1.807) is 0 Å². The van der Waals surface area contributed by atoms with Crippen LogP contribution in [0.15, 0.2) is 24.3 Å². The molecule has 0 amide bonds. The van der Waals surface area contributed by atoms with Crippen molar-refractivity contribution in [2.75, 3.05) is 13.2 Å². The lowest BCUT2D eigenvalue weighted by molar-refractivity contribution is 0.252. The van der Waals surface area contributed by atoms with Crippen molar-refractivity contribution < 1.29 is 4.74 Å². The number of rotatable bonds is 2. The summed E-state index contributed by atoms with van der Waals surface area (Å²) >= 11 is 0. The summed E-state index contributed by atoms with van der Waals surface area (Å²) in [5.41, 5.74) is 1.27. The van der Waals surface area contributed by atoms with Crippen molar-refractivity contribution in [2.45, 2.75) is 38.3 Å². The summed E-state index contributed by atoms with van der Waals surface area (Å²) in [5, 5.41) is 12.4. The van der Waals surface area contributed by atoms with Gasteiger partial charge in [0, 0.05) is 13.1 Å². The quantitative estimate of drug-likeness (QED) is 0.917. The van der Waals surface area contributed by atoms with Gasteiger partial charge in [0.1, 0.15) is 17.4 Å². The van der Waals surface area contributed by atoms with Crippen LogP contribution in [0.4, 0.5) is 0 Å². The number of para-hydroxylation sites is 1. The molecule has 2 unspecified atom stereocenters. The molecule has 1 aromatic carbocycles. The summed E-state index contributed by atoms with van der Waals surface area (Å²) < 4.78 is 8.21. The molecular weight excluding hydrogens is 264 g/mol. The highest BCUT2D eigenvalue weighted by atomic mass is 16.5. The summed E-state index contributed by atoms with van der Waals surface area (Å²) in [6.07, 6.45) is 2.03. The molecule has 0 aliphatic carbocycles. The van der Waals surface area contributed by atoms with E-state index in [4.69, 9.17) is 4.74 Å². The van der Waals surface area contributed by atoms with E-state index in [0.29, 0.717) is 18.6 Å². The molecule has 0 radical (unpaired) electrons. The third kappa shape index (κ3) is 2.12. The second-order valence-corrected chi connectivity index (χ2v) is 5.80. The topological polar surface area (TPSA) is 52.0 Å². The first kappa shape index (κ1) is 12.8. The highest BCUT2D eigenvalue weighted by molar-refractivity contribution is 5.36. The standard InChI is InChI=1S/C16H20N4O/c1-2-13-16-19-18-15(20(16)8-7-17-13)12-9-11-5-3-4-6-14(11)21-10-12/h3-6,12-13,17H,2,7-10H2,1H3. The predicted octanol–water partition coefficient (Wildman–Crippen LogP) is 2.05. The highest BCUT2D eigenvalue weighted by Gasteiger charge is 2.30. The molecule has 1 aromatic heterocycles. The summed E-state index contributed by atoms with van der Waals surface area (Å²) in [6, 6.07) is 8.61. The molecule has 0 saturated heterocycles. The minimum Gasteiger partial charge on any atom is -0.493 e. The fourth-order valence-corrected chi connectivity index (χ4v) is 3.38. The normalized spacial score (nSPS) is 24.0. The van der Waals surface area contributed by atoms with Gasteiger partial charge in [-0.15, -0.1) is 10.2 Å². The lowest BCUT2D eigenvalue weighted by atomic mass is 9.96. The van der Waals surface area contributed by atoms with Gasteiger partial charge in [-0.25, -0.2) is 0 Å². The summed E-state index contributed by atoms with van der Waals surface area (Å²) in [5.74, 6) is 3.48. The molecule has 2 aliphatic heterocycles. The number of hydrogen-bond acceptors (Lipinski definition) is 4. The van der Waals surface area contributed by atoms with Crippen LogP contribution < -0.4 is 10.1 Å². The first-order valence-electron chi connectivity index (χ1n) is 7.74. The largest absolute Gasteiger partial charge is 0.493 e. The van der Waals surface area contributed by atoms with Crippen LogP contribution in [0.5, 0.6) is 5.75 Å². The van der Waals surface area contributed by atoms with E-state index in [9.17, 15) is 0 Å². The Labute approximate surface area is 124 Å². The monoisotopic (exact) mass is 284 g/mol. The Morgan fingerprint density at radius 1 is 1.29 bits per heavy atom. The van der Waals surface area contributed by atoms with Gasteiger partial charge in [0.25, 0.3) is 0 Å². The molecule has 1 N–H and O–H groups in total. The van der Waals surface area contributed by atoms with Crippen LogP contribution in [0.2, 0.25) is 0 Å².